The third-order valence-corrected chi connectivity index (χ3v) is 4.10. The fourth-order valence-corrected chi connectivity index (χ4v) is 3.05. The fraction of sp³-hybridized carbons (Fsp3) is 0.235. The summed E-state index contributed by atoms with van der Waals surface area (Å²) >= 11 is 0. The molecule has 1 saturated heterocycles. The lowest BCUT2D eigenvalue weighted by molar-refractivity contribution is 0.0720. The number of aromatic nitrogens is 2. The highest BCUT2D eigenvalue weighted by atomic mass is 16.3. The van der Waals surface area contributed by atoms with Gasteiger partial charge in [0.15, 0.2) is 0 Å². The predicted octanol–water partition coefficient (Wildman–Crippen LogP) is 3.20. The maximum Gasteiger partial charge on any atom is 0.254 e. The number of benzene rings is 1. The minimum absolute atomic E-state index is 0.0199. The second kappa shape index (κ2) is 5.26. The molecule has 0 radical (unpaired) electrons. The van der Waals surface area contributed by atoms with Crippen molar-refractivity contribution < 1.29 is 9.21 Å². The molecule has 22 heavy (non-hydrogen) atoms. The van der Waals surface area contributed by atoms with Gasteiger partial charge in [-0.15, -0.1) is 0 Å². The molecule has 3 heterocycles. The fourth-order valence-electron chi connectivity index (χ4n) is 3.05. The van der Waals surface area contributed by atoms with Crippen LogP contribution >= 0.6 is 0 Å². The highest BCUT2D eigenvalue weighted by Gasteiger charge is 2.32. The van der Waals surface area contributed by atoms with Crippen LogP contribution in [0.5, 0.6) is 0 Å². The van der Waals surface area contributed by atoms with Crippen LogP contribution in [0.4, 0.5) is 0 Å². The van der Waals surface area contributed by atoms with E-state index in [1.807, 2.05) is 35.2 Å². The van der Waals surface area contributed by atoms with Crippen LogP contribution in [0.1, 0.15) is 35.0 Å². The molecule has 1 atom stereocenters. The van der Waals surface area contributed by atoms with Crippen molar-refractivity contribution in [2.45, 2.75) is 18.9 Å². The molecular weight excluding hydrogens is 278 g/mol. The number of furan rings is 1. The molecule has 0 unspecified atom stereocenters. The Labute approximate surface area is 127 Å². The molecule has 1 aromatic carbocycles. The van der Waals surface area contributed by atoms with E-state index < -0.39 is 0 Å². The first kappa shape index (κ1) is 13.0. The smallest absolute Gasteiger partial charge is 0.254 e. The molecule has 0 aliphatic carbocycles. The molecule has 3 aromatic rings. The minimum Gasteiger partial charge on any atom is -0.467 e. The van der Waals surface area contributed by atoms with Crippen molar-refractivity contribution in [3.05, 3.63) is 60.3 Å². The second-order valence-corrected chi connectivity index (χ2v) is 5.43. The average Bonchev–Trinajstić information content (AvgIpc) is 3.24. The number of nitrogens with zero attached hydrogens (tertiary/aromatic N) is 3. The monoisotopic (exact) mass is 293 g/mol. The molecule has 0 spiro atoms. The van der Waals surface area contributed by atoms with Gasteiger partial charge in [-0.25, -0.2) is 0 Å². The Morgan fingerprint density at radius 2 is 2.05 bits per heavy atom. The molecule has 0 saturated carbocycles. The van der Waals surface area contributed by atoms with Gasteiger partial charge in [0.25, 0.3) is 5.91 Å². The van der Waals surface area contributed by atoms with E-state index in [-0.39, 0.29) is 11.9 Å². The summed E-state index contributed by atoms with van der Waals surface area (Å²) in [5, 5.41) is 0. The summed E-state index contributed by atoms with van der Waals surface area (Å²) < 4.78 is 5.49. The molecule has 0 N–H and O–H groups in total. The van der Waals surface area contributed by atoms with Crippen LogP contribution in [0.25, 0.3) is 11.0 Å². The maximum atomic E-state index is 12.8. The van der Waals surface area contributed by atoms with E-state index in [0.29, 0.717) is 5.56 Å². The molecule has 110 valence electrons. The van der Waals surface area contributed by atoms with Gasteiger partial charge in [0.2, 0.25) is 0 Å². The molecule has 1 amide bonds. The molecule has 0 bridgehead atoms. The Morgan fingerprint density at radius 1 is 1.18 bits per heavy atom. The van der Waals surface area contributed by atoms with Gasteiger partial charge in [0.05, 0.1) is 23.3 Å². The summed E-state index contributed by atoms with van der Waals surface area (Å²) in [7, 11) is 0. The first-order chi connectivity index (χ1) is 10.8. The standard InChI is InChI=1S/C17H15N3O2/c21-17(12-5-6-13-14(11-12)19-8-7-18-13)20-9-1-3-15(20)16-4-2-10-22-16/h2,4-8,10-11,15H,1,3,9H2/t15-/m0/s1. The van der Waals surface area contributed by atoms with Gasteiger partial charge in [-0.3, -0.25) is 14.8 Å². The summed E-state index contributed by atoms with van der Waals surface area (Å²) in [5.74, 6) is 0.873. The van der Waals surface area contributed by atoms with Gasteiger partial charge >= 0.3 is 0 Å². The van der Waals surface area contributed by atoms with Crippen molar-refractivity contribution in [2.24, 2.45) is 0 Å². The number of hydrogen-bond acceptors (Lipinski definition) is 4. The number of carbonyl (C=O) groups is 1. The zero-order valence-corrected chi connectivity index (χ0v) is 12.0. The molecule has 5 heteroatoms. The summed E-state index contributed by atoms with van der Waals surface area (Å²) in [6, 6.07) is 9.29. The van der Waals surface area contributed by atoms with Crippen LogP contribution in [0.3, 0.4) is 0 Å². The molecule has 1 aliphatic heterocycles. The Balaban J connectivity index is 1.67. The zero-order valence-electron chi connectivity index (χ0n) is 12.0. The van der Waals surface area contributed by atoms with Crippen LogP contribution in [0, 0.1) is 0 Å². The average molecular weight is 293 g/mol. The van der Waals surface area contributed by atoms with Crippen LogP contribution in [0.2, 0.25) is 0 Å². The van der Waals surface area contributed by atoms with Crippen molar-refractivity contribution in [2.75, 3.05) is 6.54 Å². The topological polar surface area (TPSA) is 59.2 Å². The van der Waals surface area contributed by atoms with Gasteiger partial charge in [-0.2, -0.15) is 0 Å². The van der Waals surface area contributed by atoms with E-state index in [0.717, 1.165) is 36.2 Å². The Hall–Kier alpha value is -2.69. The zero-order chi connectivity index (χ0) is 14.9. The van der Waals surface area contributed by atoms with Crippen LogP contribution < -0.4 is 0 Å². The Morgan fingerprint density at radius 3 is 2.86 bits per heavy atom. The minimum atomic E-state index is 0.0199. The quantitative estimate of drug-likeness (QED) is 0.728. The Kier molecular flexibility index (Phi) is 3.11. The van der Waals surface area contributed by atoms with E-state index in [9.17, 15) is 4.79 Å². The van der Waals surface area contributed by atoms with E-state index in [1.165, 1.54) is 0 Å². The van der Waals surface area contributed by atoms with Crippen molar-refractivity contribution in [3.63, 3.8) is 0 Å². The summed E-state index contributed by atoms with van der Waals surface area (Å²) in [5.41, 5.74) is 2.18. The SMILES string of the molecule is O=C(c1ccc2nccnc2c1)N1CCC[C@H]1c1ccco1. The molecule has 5 nitrogen and oxygen atoms in total. The molecule has 4 rings (SSSR count). The summed E-state index contributed by atoms with van der Waals surface area (Å²) in [4.78, 5) is 23.2. The number of carbonyl (C=O) groups excluding carboxylic acids is 1. The van der Waals surface area contributed by atoms with Crippen LogP contribution in [-0.2, 0) is 0 Å². The number of hydrogen-bond donors (Lipinski definition) is 0. The van der Waals surface area contributed by atoms with Crippen molar-refractivity contribution >= 4 is 16.9 Å². The van der Waals surface area contributed by atoms with E-state index in [4.69, 9.17) is 4.42 Å². The molecular formula is C17H15N3O2. The van der Waals surface area contributed by atoms with Gasteiger partial charge < -0.3 is 9.32 Å². The summed E-state index contributed by atoms with van der Waals surface area (Å²) in [6.45, 7) is 0.753. The van der Waals surface area contributed by atoms with Gasteiger partial charge in [-0.1, -0.05) is 0 Å². The number of amides is 1. The summed E-state index contributed by atoms with van der Waals surface area (Å²) in [6.07, 6.45) is 6.87. The van der Waals surface area contributed by atoms with Crippen LogP contribution in [0.15, 0.2) is 53.4 Å². The Bertz CT molecular complexity index is 814. The number of likely N-dealkylation sites (tertiary alicyclic amines) is 1. The van der Waals surface area contributed by atoms with Crippen molar-refractivity contribution in [3.8, 4) is 0 Å². The van der Waals surface area contributed by atoms with Crippen molar-refractivity contribution in [1.29, 1.82) is 0 Å². The first-order valence-electron chi connectivity index (χ1n) is 7.38. The predicted molar refractivity (Wildman–Crippen MR) is 81.3 cm³/mol. The van der Waals surface area contributed by atoms with E-state index >= 15 is 0 Å². The highest BCUT2D eigenvalue weighted by Crippen LogP contribution is 2.33. The van der Waals surface area contributed by atoms with Gasteiger partial charge in [0, 0.05) is 24.5 Å². The molecule has 1 fully saturated rings. The van der Waals surface area contributed by atoms with Crippen molar-refractivity contribution in [1.82, 2.24) is 14.9 Å². The first-order valence-corrected chi connectivity index (χ1v) is 7.38. The third kappa shape index (κ3) is 2.15. The lowest BCUT2D eigenvalue weighted by Gasteiger charge is -2.23. The third-order valence-electron chi connectivity index (χ3n) is 4.10. The lowest BCUT2D eigenvalue weighted by Crippen LogP contribution is -2.30. The van der Waals surface area contributed by atoms with Crippen LogP contribution in [-0.4, -0.2) is 27.3 Å². The maximum absolute atomic E-state index is 12.8. The molecule has 1 aliphatic rings. The van der Waals surface area contributed by atoms with E-state index in [2.05, 4.69) is 9.97 Å². The normalized spacial score (nSPS) is 18.0. The highest BCUT2D eigenvalue weighted by molar-refractivity contribution is 5.97. The van der Waals surface area contributed by atoms with Gasteiger partial charge in [-0.05, 0) is 43.2 Å². The lowest BCUT2D eigenvalue weighted by atomic mass is 10.1. The number of rotatable bonds is 2. The number of fused-ring (bicyclic) bond motifs is 1. The van der Waals surface area contributed by atoms with Gasteiger partial charge in [0.1, 0.15) is 5.76 Å². The molecule has 2 aromatic heterocycles. The second-order valence-electron chi connectivity index (χ2n) is 5.43. The largest absolute Gasteiger partial charge is 0.467 e. The van der Waals surface area contributed by atoms with E-state index in [1.54, 1.807) is 18.7 Å².